The van der Waals surface area contributed by atoms with Gasteiger partial charge in [0, 0.05) is 18.7 Å². The van der Waals surface area contributed by atoms with Crippen LogP contribution in [-0.4, -0.2) is 47.4 Å². The second-order valence-electron chi connectivity index (χ2n) is 11.0. The number of hydrogen-bond acceptors (Lipinski definition) is 5. The van der Waals surface area contributed by atoms with Gasteiger partial charge in [-0.15, -0.1) is 0 Å². The van der Waals surface area contributed by atoms with Crippen molar-refractivity contribution in [2.24, 2.45) is 22.7 Å². The normalized spacial score (nSPS) is 32.6. The summed E-state index contributed by atoms with van der Waals surface area (Å²) in [6.07, 6.45) is 8.45. The first-order chi connectivity index (χ1) is 17.1. The van der Waals surface area contributed by atoms with Crippen LogP contribution in [0.1, 0.15) is 43.2 Å². The van der Waals surface area contributed by atoms with Crippen molar-refractivity contribution in [1.82, 2.24) is 4.90 Å². The van der Waals surface area contributed by atoms with E-state index in [1.807, 2.05) is 30.3 Å². The highest BCUT2D eigenvalue weighted by atomic mass is 32.2. The number of amides is 1. The number of aliphatic imine (C=N–C) groups is 1. The van der Waals surface area contributed by atoms with E-state index in [2.05, 4.69) is 28.1 Å². The quantitative estimate of drug-likeness (QED) is 0.586. The zero-order valence-electron chi connectivity index (χ0n) is 19.8. The number of phenolic OH excluding ortho intramolecular Hbond substituents is 1. The van der Waals surface area contributed by atoms with Gasteiger partial charge in [0.05, 0.1) is 18.1 Å². The number of amidine groups is 1. The number of nitrogens with zero attached hydrogens (tertiary/aromatic N) is 2. The topological polar surface area (TPSA) is 62.1 Å². The molecule has 180 valence electrons. The summed E-state index contributed by atoms with van der Waals surface area (Å²) in [5, 5.41) is 11.7. The van der Waals surface area contributed by atoms with Crippen LogP contribution in [-0.2, 0) is 14.9 Å². The highest BCUT2D eigenvalue weighted by molar-refractivity contribution is 8.18. The number of ether oxygens (including phenoxy) is 1. The third-order valence-electron chi connectivity index (χ3n) is 8.90. The molecule has 4 aliphatic carbocycles. The largest absolute Gasteiger partial charge is 0.508 e. The van der Waals surface area contributed by atoms with E-state index in [9.17, 15) is 9.90 Å². The fraction of sp³-hybridized carbons (Fsp3) is 0.448. The van der Waals surface area contributed by atoms with Crippen LogP contribution in [0.4, 0.5) is 0 Å². The summed E-state index contributed by atoms with van der Waals surface area (Å²) in [5.74, 6) is 2.85. The lowest BCUT2D eigenvalue weighted by Crippen LogP contribution is -2.38. The van der Waals surface area contributed by atoms with Crippen molar-refractivity contribution >= 4 is 28.9 Å². The fourth-order valence-corrected chi connectivity index (χ4v) is 8.49. The van der Waals surface area contributed by atoms with E-state index in [0.717, 1.165) is 58.3 Å². The summed E-state index contributed by atoms with van der Waals surface area (Å²) >= 11 is 1.46. The van der Waals surface area contributed by atoms with Crippen LogP contribution in [0.3, 0.4) is 0 Å². The summed E-state index contributed by atoms with van der Waals surface area (Å²) in [4.78, 5) is 19.7. The van der Waals surface area contributed by atoms with Crippen LogP contribution in [0.15, 0.2) is 52.4 Å². The number of benzene rings is 2. The Hall–Kier alpha value is -2.57. The lowest BCUT2D eigenvalue weighted by Gasteiger charge is -2.39. The molecule has 8 rings (SSSR count). The van der Waals surface area contributed by atoms with Crippen molar-refractivity contribution in [3.8, 4) is 16.9 Å². The fourth-order valence-electron chi connectivity index (χ4n) is 7.53. The first kappa shape index (κ1) is 21.7. The van der Waals surface area contributed by atoms with Crippen LogP contribution < -0.4 is 0 Å². The Labute approximate surface area is 210 Å². The molecule has 2 aliphatic heterocycles. The molecular formula is C29H30N2O3S. The summed E-state index contributed by atoms with van der Waals surface area (Å²) < 4.78 is 5.42. The Balaban J connectivity index is 1.16. The second kappa shape index (κ2) is 8.24. The number of rotatable bonds is 3. The maximum atomic E-state index is 12.6. The van der Waals surface area contributed by atoms with Gasteiger partial charge in [0.25, 0.3) is 5.91 Å². The number of carbonyl (C=O) groups excluding carboxylic acids is 1. The van der Waals surface area contributed by atoms with Crippen molar-refractivity contribution in [3.63, 3.8) is 0 Å². The number of hydrogen-bond donors (Lipinski definition) is 1. The lowest BCUT2D eigenvalue weighted by molar-refractivity contribution is -0.113. The van der Waals surface area contributed by atoms with Crippen LogP contribution in [0.2, 0.25) is 0 Å². The Morgan fingerprint density at radius 2 is 1.80 bits per heavy atom. The first-order valence-corrected chi connectivity index (χ1v) is 13.7. The maximum Gasteiger partial charge on any atom is 0.286 e. The summed E-state index contributed by atoms with van der Waals surface area (Å²) in [5.41, 5.74) is 4.55. The van der Waals surface area contributed by atoms with Gasteiger partial charge in [-0.2, -0.15) is 4.99 Å². The average Bonchev–Trinajstić information content (AvgIpc) is 3.46. The predicted molar refractivity (Wildman–Crippen MR) is 139 cm³/mol. The number of phenols is 1. The maximum absolute atomic E-state index is 12.6. The number of aromatic hydroxyl groups is 1. The zero-order valence-corrected chi connectivity index (χ0v) is 20.6. The standard InChI is InChI=1S/C29H30N2O3S/c32-25-5-4-21(14-24(25)29-15-19-11-22(16-29)23(12-19)17-29)20-3-1-2-18(10-20)13-26-27(33)30-28(35-26)31-6-8-34-9-7-31/h1-5,10,13-14,19,22-23,32H,6-9,11-12,15-17H2/b26-13-. The van der Waals surface area contributed by atoms with Crippen molar-refractivity contribution in [2.45, 2.75) is 37.5 Å². The molecule has 1 N–H and O–H groups in total. The monoisotopic (exact) mass is 486 g/mol. The molecule has 1 saturated heterocycles. The molecule has 0 aromatic heterocycles. The van der Waals surface area contributed by atoms with E-state index >= 15 is 0 Å². The van der Waals surface area contributed by atoms with E-state index < -0.39 is 0 Å². The highest BCUT2D eigenvalue weighted by Gasteiger charge is 2.57. The Bertz CT molecular complexity index is 1240. The molecule has 4 bridgehead atoms. The molecule has 6 heteroatoms. The molecular weight excluding hydrogens is 456 g/mol. The van der Waals surface area contributed by atoms with Crippen molar-refractivity contribution in [1.29, 1.82) is 0 Å². The first-order valence-electron chi connectivity index (χ1n) is 12.9. The smallest absolute Gasteiger partial charge is 0.286 e. The van der Waals surface area contributed by atoms with Gasteiger partial charge in [-0.05, 0) is 108 Å². The van der Waals surface area contributed by atoms with Crippen LogP contribution in [0.25, 0.3) is 17.2 Å². The van der Waals surface area contributed by atoms with E-state index in [4.69, 9.17) is 4.74 Å². The molecule has 2 unspecified atom stereocenters. The van der Waals surface area contributed by atoms with Crippen LogP contribution in [0, 0.1) is 17.8 Å². The predicted octanol–water partition coefficient (Wildman–Crippen LogP) is 5.44. The SMILES string of the molecule is O=C1N=C(N2CCOCC2)S/C1=C\c1cccc(-c2ccc(O)c(C34CC5CC(C3)C(C5)C4)c2)c1. The third kappa shape index (κ3) is 3.73. The molecule has 2 aromatic carbocycles. The van der Waals surface area contributed by atoms with Gasteiger partial charge in [0.15, 0.2) is 5.17 Å². The van der Waals surface area contributed by atoms with Gasteiger partial charge >= 0.3 is 0 Å². The van der Waals surface area contributed by atoms with E-state index in [1.165, 1.54) is 43.9 Å². The molecule has 6 aliphatic rings. The van der Waals surface area contributed by atoms with E-state index in [0.29, 0.717) is 23.9 Å². The Morgan fingerprint density at radius 3 is 2.57 bits per heavy atom. The molecule has 5 nitrogen and oxygen atoms in total. The molecule has 0 radical (unpaired) electrons. The number of carbonyl (C=O) groups is 1. The summed E-state index contributed by atoms with van der Waals surface area (Å²) in [6.45, 7) is 2.89. The Kier molecular flexibility index (Phi) is 5.11. The molecule has 2 atom stereocenters. The second-order valence-corrected chi connectivity index (χ2v) is 12.0. The van der Waals surface area contributed by atoms with Crippen molar-refractivity contribution in [2.75, 3.05) is 26.3 Å². The summed E-state index contributed by atoms with van der Waals surface area (Å²) in [6, 6.07) is 14.5. The lowest BCUT2D eigenvalue weighted by atomic mass is 9.65. The average molecular weight is 487 g/mol. The molecule has 35 heavy (non-hydrogen) atoms. The molecule has 4 saturated carbocycles. The number of thioether (sulfide) groups is 1. The minimum atomic E-state index is -0.167. The minimum absolute atomic E-state index is 0.163. The van der Waals surface area contributed by atoms with E-state index in [-0.39, 0.29) is 11.3 Å². The van der Waals surface area contributed by atoms with Gasteiger partial charge in [-0.1, -0.05) is 24.3 Å². The van der Waals surface area contributed by atoms with Gasteiger partial charge < -0.3 is 14.7 Å². The molecule has 2 aromatic rings. The van der Waals surface area contributed by atoms with Crippen molar-refractivity contribution < 1.29 is 14.6 Å². The third-order valence-corrected chi connectivity index (χ3v) is 9.94. The minimum Gasteiger partial charge on any atom is -0.508 e. The van der Waals surface area contributed by atoms with E-state index in [1.54, 1.807) is 0 Å². The van der Waals surface area contributed by atoms with Crippen LogP contribution in [0.5, 0.6) is 5.75 Å². The molecule has 2 heterocycles. The highest BCUT2D eigenvalue weighted by Crippen LogP contribution is 2.65. The summed E-state index contributed by atoms with van der Waals surface area (Å²) in [7, 11) is 0. The van der Waals surface area contributed by atoms with Gasteiger partial charge in [0.2, 0.25) is 0 Å². The molecule has 0 spiro atoms. The number of morpholine rings is 1. The zero-order chi connectivity index (χ0) is 23.6. The molecule has 1 amide bonds. The van der Waals surface area contributed by atoms with Crippen molar-refractivity contribution in [3.05, 3.63) is 58.5 Å². The van der Waals surface area contributed by atoms with Gasteiger partial charge in [-0.3, -0.25) is 4.79 Å². The van der Waals surface area contributed by atoms with Gasteiger partial charge in [-0.25, -0.2) is 0 Å². The molecule has 5 fully saturated rings. The Morgan fingerprint density at radius 1 is 1.03 bits per heavy atom. The van der Waals surface area contributed by atoms with Gasteiger partial charge in [0.1, 0.15) is 5.75 Å². The van der Waals surface area contributed by atoms with Crippen LogP contribution >= 0.6 is 11.8 Å².